The maximum absolute atomic E-state index is 12.5. The van der Waals surface area contributed by atoms with Crippen LogP contribution in [0.15, 0.2) is 53.4 Å². The van der Waals surface area contributed by atoms with Crippen LogP contribution < -0.4 is 10.1 Å². The molecule has 0 radical (unpaired) electrons. The molecule has 0 spiro atoms. The molecule has 10 heteroatoms. The van der Waals surface area contributed by atoms with E-state index in [1.165, 1.54) is 31.4 Å². The van der Waals surface area contributed by atoms with Crippen molar-refractivity contribution < 1.29 is 36.3 Å². The summed E-state index contributed by atoms with van der Waals surface area (Å²) >= 11 is 0. The first-order chi connectivity index (χ1) is 12.7. The van der Waals surface area contributed by atoms with Gasteiger partial charge in [0.1, 0.15) is 5.75 Å². The van der Waals surface area contributed by atoms with E-state index in [4.69, 9.17) is 4.74 Å². The van der Waals surface area contributed by atoms with Crippen LogP contribution in [0.1, 0.15) is 10.4 Å². The smallest absolute Gasteiger partial charge is 0.341 e. The van der Waals surface area contributed by atoms with Gasteiger partial charge in [-0.2, -0.15) is 8.78 Å². The predicted molar refractivity (Wildman–Crippen MR) is 91.5 cm³/mol. The van der Waals surface area contributed by atoms with E-state index in [1.54, 1.807) is 12.1 Å². The Morgan fingerprint density at radius 2 is 1.78 bits per heavy atom. The van der Waals surface area contributed by atoms with Crippen molar-refractivity contribution in [3.05, 3.63) is 54.1 Å². The molecule has 0 fully saturated rings. The Balaban J connectivity index is 1.96. The lowest BCUT2D eigenvalue weighted by atomic mass is 10.2. The van der Waals surface area contributed by atoms with Crippen molar-refractivity contribution in [3.63, 3.8) is 0 Å². The highest BCUT2D eigenvalue weighted by molar-refractivity contribution is 7.91. The number of carbonyl (C=O) groups excluding carboxylic acids is 2. The number of anilines is 1. The molecule has 0 aliphatic carbocycles. The minimum Gasteiger partial charge on any atom is -0.484 e. The monoisotopic (exact) mass is 399 g/mol. The average Bonchev–Trinajstić information content (AvgIpc) is 2.66. The Kier molecular flexibility index (Phi) is 6.45. The first-order valence-electron chi connectivity index (χ1n) is 7.47. The van der Waals surface area contributed by atoms with Crippen molar-refractivity contribution in [1.82, 2.24) is 0 Å². The fourth-order valence-corrected chi connectivity index (χ4v) is 2.73. The Labute approximate surface area is 153 Å². The summed E-state index contributed by atoms with van der Waals surface area (Å²) < 4.78 is 57.5. The molecule has 1 N–H and O–H groups in total. The molecule has 0 atom stereocenters. The highest BCUT2D eigenvalue weighted by Gasteiger charge is 2.26. The van der Waals surface area contributed by atoms with E-state index in [9.17, 15) is 26.8 Å². The lowest BCUT2D eigenvalue weighted by molar-refractivity contribution is -0.118. The van der Waals surface area contributed by atoms with Gasteiger partial charge >= 0.3 is 11.7 Å². The number of amides is 1. The van der Waals surface area contributed by atoms with Crippen molar-refractivity contribution >= 4 is 27.4 Å². The molecule has 2 rings (SSSR count). The second-order valence-electron chi connectivity index (χ2n) is 5.19. The number of hydrogen-bond donors (Lipinski definition) is 1. The van der Waals surface area contributed by atoms with Crippen molar-refractivity contribution in [2.45, 2.75) is 10.7 Å². The summed E-state index contributed by atoms with van der Waals surface area (Å²) in [5.74, 6) is -4.37. The Morgan fingerprint density at radius 3 is 2.37 bits per heavy atom. The van der Waals surface area contributed by atoms with Gasteiger partial charge in [-0.3, -0.25) is 4.79 Å². The van der Waals surface area contributed by atoms with Crippen LogP contribution in [0.2, 0.25) is 0 Å². The molecule has 0 aliphatic heterocycles. The van der Waals surface area contributed by atoms with Crippen LogP contribution in [0.5, 0.6) is 5.75 Å². The van der Waals surface area contributed by atoms with Crippen LogP contribution in [0, 0.1) is 0 Å². The number of alkyl halides is 2. The van der Waals surface area contributed by atoms with Crippen LogP contribution >= 0.6 is 0 Å². The summed E-state index contributed by atoms with van der Waals surface area (Å²) in [4.78, 5) is 22.8. The SMILES string of the molecule is COC(=O)c1cccc(OCC(=O)Nc2ccc(S(=O)(=O)C(F)F)cc2)c1. The molecule has 0 aromatic heterocycles. The van der Waals surface area contributed by atoms with Crippen molar-refractivity contribution in [3.8, 4) is 5.75 Å². The Morgan fingerprint density at radius 1 is 1.11 bits per heavy atom. The summed E-state index contributed by atoms with van der Waals surface area (Å²) in [6.45, 7) is -0.387. The second-order valence-corrected chi connectivity index (χ2v) is 7.10. The predicted octanol–water partition coefficient (Wildman–Crippen LogP) is 2.49. The molecule has 0 saturated carbocycles. The zero-order valence-corrected chi connectivity index (χ0v) is 14.8. The first kappa shape index (κ1) is 20.3. The zero-order chi connectivity index (χ0) is 20.0. The standard InChI is InChI=1S/C17H15F2NO6S/c1-25-16(22)11-3-2-4-13(9-11)26-10-15(21)20-12-5-7-14(8-6-12)27(23,24)17(18)19/h2-9,17H,10H2,1H3,(H,20,21). The third-order valence-electron chi connectivity index (χ3n) is 3.33. The van der Waals surface area contributed by atoms with Gasteiger partial charge in [0.05, 0.1) is 17.6 Å². The number of hydrogen-bond acceptors (Lipinski definition) is 6. The summed E-state index contributed by atoms with van der Waals surface area (Å²) in [7, 11) is -3.45. The highest BCUT2D eigenvalue weighted by Crippen LogP contribution is 2.20. The van der Waals surface area contributed by atoms with Gasteiger partial charge in [0.25, 0.3) is 5.91 Å². The summed E-state index contributed by atoms with van der Waals surface area (Å²) in [6.07, 6.45) is 0. The van der Waals surface area contributed by atoms with Gasteiger partial charge in [0.15, 0.2) is 6.61 Å². The minimum atomic E-state index is -4.69. The molecule has 0 unspecified atom stereocenters. The molecule has 144 valence electrons. The molecular formula is C17H15F2NO6S. The molecule has 0 saturated heterocycles. The van der Waals surface area contributed by atoms with E-state index in [1.807, 2.05) is 0 Å². The van der Waals surface area contributed by atoms with E-state index in [-0.39, 0.29) is 23.6 Å². The van der Waals surface area contributed by atoms with Gasteiger partial charge in [-0.25, -0.2) is 13.2 Å². The lowest BCUT2D eigenvalue weighted by Gasteiger charge is -2.09. The van der Waals surface area contributed by atoms with E-state index in [0.29, 0.717) is 0 Å². The summed E-state index contributed by atoms with van der Waals surface area (Å²) in [5, 5.41) is 2.43. The lowest BCUT2D eigenvalue weighted by Crippen LogP contribution is -2.20. The van der Waals surface area contributed by atoms with E-state index >= 15 is 0 Å². The molecule has 0 bridgehead atoms. The van der Waals surface area contributed by atoms with E-state index < -0.39 is 32.4 Å². The molecular weight excluding hydrogens is 384 g/mol. The Hall–Kier alpha value is -3.01. The number of methoxy groups -OCH3 is 1. The van der Waals surface area contributed by atoms with Crippen molar-refractivity contribution in [1.29, 1.82) is 0 Å². The number of ether oxygens (including phenoxy) is 2. The minimum absolute atomic E-state index is 0.208. The fourth-order valence-electron chi connectivity index (χ4n) is 2.01. The van der Waals surface area contributed by atoms with Crippen LogP contribution in [-0.2, 0) is 19.4 Å². The zero-order valence-electron chi connectivity index (χ0n) is 14.0. The number of rotatable bonds is 7. The topological polar surface area (TPSA) is 98.8 Å². The number of halogens is 2. The van der Waals surface area contributed by atoms with Gasteiger partial charge in [-0.1, -0.05) is 6.07 Å². The quantitative estimate of drug-likeness (QED) is 0.719. The van der Waals surface area contributed by atoms with Gasteiger partial charge in [0.2, 0.25) is 9.84 Å². The second kappa shape index (κ2) is 8.58. The van der Waals surface area contributed by atoms with Gasteiger partial charge in [0, 0.05) is 5.69 Å². The van der Waals surface area contributed by atoms with E-state index in [0.717, 1.165) is 12.1 Å². The highest BCUT2D eigenvalue weighted by atomic mass is 32.2. The molecule has 27 heavy (non-hydrogen) atoms. The van der Waals surface area contributed by atoms with Gasteiger partial charge in [-0.05, 0) is 42.5 Å². The van der Waals surface area contributed by atoms with Crippen LogP contribution in [-0.4, -0.2) is 39.8 Å². The first-order valence-corrected chi connectivity index (χ1v) is 9.02. The summed E-state index contributed by atoms with van der Waals surface area (Å²) in [6, 6.07) is 10.3. The van der Waals surface area contributed by atoms with Crippen LogP contribution in [0.4, 0.5) is 14.5 Å². The van der Waals surface area contributed by atoms with Crippen molar-refractivity contribution in [2.75, 3.05) is 19.0 Å². The molecule has 2 aromatic rings. The fraction of sp³-hybridized carbons (Fsp3) is 0.176. The van der Waals surface area contributed by atoms with E-state index in [2.05, 4.69) is 10.1 Å². The number of nitrogens with one attached hydrogen (secondary N) is 1. The average molecular weight is 399 g/mol. The number of carbonyl (C=O) groups is 2. The normalized spacial score (nSPS) is 11.1. The summed E-state index contributed by atoms with van der Waals surface area (Å²) in [5.41, 5.74) is 0.464. The van der Waals surface area contributed by atoms with Gasteiger partial charge < -0.3 is 14.8 Å². The van der Waals surface area contributed by atoms with Crippen molar-refractivity contribution in [2.24, 2.45) is 0 Å². The van der Waals surface area contributed by atoms with Gasteiger partial charge in [-0.15, -0.1) is 0 Å². The number of benzene rings is 2. The molecule has 7 nitrogen and oxygen atoms in total. The third kappa shape index (κ3) is 5.23. The maximum Gasteiger partial charge on any atom is 0.341 e. The molecule has 2 aromatic carbocycles. The molecule has 1 amide bonds. The number of esters is 1. The van der Waals surface area contributed by atoms with Crippen LogP contribution in [0.25, 0.3) is 0 Å². The Bertz CT molecular complexity index is 929. The van der Waals surface area contributed by atoms with Crippen LogP contribution in [0.3, 0.4) is 0 Å². The third-order valence-corrected chi connectivity index (χ3v) is 4.72. The number of sulfone groups is 1. The molecule has 0 heterocycles. The molecule has 0 aliphatic rings. The maximum atomic E-state index is 12.5. The largest absolute Gasteiger partial charge is 0.484 e.